The molecule has 28 heavy (non-hydrogen) atoms. The van der Waals surface area contributed by atoms with E-state index in [-0.39, 0.29) is 5.91 Å². The monoisotopic (exact) mass is 376 g/mol. The van der Waals surface area contributed by atoms with Gasteiger partial charge in [0.05, 0.1) is 17.4 Å². The highest BCUT2D eigenvalue weighted by Gasteiger charge is 2.12. The number of anilines is 3. The predicted molar refractivity (Wildman–Crippen MR) is 112 cm³/mol. The van der Waals surface area contributed by atoms with Crippen LogP contribution in [0.15, 0.2) is 72.9 Å². The summed E-state index contributed by atoms with van der Waals surface area (Å²) in [7, 11) is 3.95. The molecule has 0 spiro atoms. The fourth-order valence-corrected chi connectivity index (χ4v) is 2.53. The molecule has 0 radical (unpaired) electrons. The Kier molecular flexibility index (Phi) is 6.59. The molecule has 0 aliphatic heterocycles. The maximum atomic E-state index is 12.7. The average molecular weight is 376 g/mol. The summed E-state index contributed by atoms with van der Waals surface area (Å²) in [6, 6.07) is 20.6. The van der Waals surface area contributed by atoms with Crippen LogP contribution >= 0.6 is 0 Å². The van der Waals surface area contributed by atoms with Crippen LogP contribution in [0.5, 0.6) is 5.75 Å². The summed E-state index contributed by atoms with van der Waals surface area (Å²) in [5.41, 5.74) is 2.06. The highest BCUT2D eigenvalue weighted by atomic mass is 16.5. The lowest BCUT2D eigenvalue weighted by Crippen LogP contribution is -2.20. The van der Waals surface area contributed by atoms with Crippen LogP contribution in [0.3, 0.4) is 0 Å². The molecule has 0 saturated carbocycles. The Labute approximate surface area is 165 Å². The van der Waals surface area contributed by atoms with E-state index in [9.17, 15) is 4.79 Å². The minimum Gasteiger partial charge on any atom is -0.491 e. The molecule has 3 aromatic rings. The standard InChI is InChI=1S/C22H24N4O2/c1-26(2)14-15-28-20-11-7-6-10-19(20)22(27)25-18-12-13-21(23-16-18)24-17-8-4-3-5-9-17/h3-13,16H,14-15H2,1-2H3,(H,23,24)(H,25,27). The van der Waals surface area contributed by atoms with E-state index in [1.54, 1.807) is 18.3 Å². The Morgan fingerprint density at radius 2 is 1.71 bits per heavy atom. The van der Waals surface area contributed by atoms with Crippen LogP contribution in [0, 0.1) is 0 Å². The molecule has 6 heteroatoms. The van der Waals surface area contributed by atoms with Gasteiger partial charge in [0, 0.05) is 12.2 Å². The summed E-state index contributed by atoms with van der Waals surface area (Å²) < 4.78 is 5.76. The zero-order valence-corrected chi connectivity index (χ0v) is 16.1. The van der Waals surface area contributed by atoms with Gasteiger partial charge >= 0.3 is 0 Å². The van der Waals surface area contributed by atoms with Crippen molar-refractivity contribution in [1.29, 1.82) is 0 Å². The second kappa shape index (κ2) is 9.53. The number of carbonyl (C=O) groups excluding carboxylic acids is 1. The summed E-state index contributed by atoms with van der Waals surface area (Å²) in [6.45, 7) is 1.29. The molecule has 144 valence electrons. The molecule has 3 rings (SSSR count). The first-order chi connectivity index (χ1) is 13.6. The highest BCUT2D eigenvalue weighted by Crippen LogP contribution is 2.20. The van der Waals surface area contributed by atoms with Crippen LogP contribution < -0.4 is 15.4 Å². The number of hydrogen-bond acceptors (Lipinski definition) is 5. The van der Waals surface area contributed by atoms with E-state index in [1.807, 2.05) is 73.6 Å². The Bertz CT molecular complexity index is 896. The lowest BCUT2D eigenvalue weighted by molar-refractivity contribution is 0.102. The molecule has 0 unspecified atom stereocenters. The van der Waals surface area contributed by atoms with E-state index in [2.05, 4.69) is 15.6 Å². The summed E-state index contributed by atoms with van der Waals surface area (Å²) >= 11 is 0. The van der Waals surface area contributed by atoms with Gasteiger partial charge in [-0.05, 0) is 50.5 Å². The molecule has 2 aromatic carbocycles. The number of likely N-dealkylation sites (N-methyl/N-ethyl adjacent to an activating group) is 1. The number of aromatic nitrogens is 1. The number of nitrogens with one attached hydrogen (secondary N) is 2. The molecule has 0 aliphatic rings. The largest absolute Gasteiger partial charge is 0.491 e. The number of para-hydroxylation sites is 2. The molecule has 1 amide bonds. The minimum atomic E-state index is -0.231. The molecule has 1 heterocycles. The second-order valence-corrected chi connectivity index (χ2v) is 6.53. The van der Waals surface area contributed by atoms with Crippen molar-refractivity contribution in [3.8, 4) is 5.75 Å². The summed E-state index contributed by atoms with van der Waals surface area (Å²) in [6.07, 6.45) is 1.62. The molecule has 0 fully saturated rings. The van der Waals surface area contributed by atoms with Crippen LogP contribution in [-0.2, 0) is 0 Å². The smallest absolute Gasteiger partial charge is 0.259 e. The van der Waals surface area contributed by atoms with Gasteiger partial charge in [-0.25, -0.2) is 4.98 Å². The van der Waals surface area contributed by atoms with Crippen LogP contribution in [-0.4, -0.2) is 43.0 Å². The van der Waals surface area contributed by atoms with E-state index in [1.165, 1.54) is 0 Å². The Balaban J connectivity index is 1.63. The van der Waals surface area contributed by atoms with Crippen molar-refractivity contribution >= 4 is 23.1 Å². The minimum absolute atomic E-state index is 0.231. The van der Waals surface area contributed by atoms with Crippen molar-refractivity contribution < 1.29 is 9.53 Å². The SMILES string of the molecule is CN(C)CCOc1ccccc1C(=O)Nc1ccc(Nc2ccccc2)nc1. The number of amides is 1. The van der Waals surface area contributed by atoms with E-state index in [0.717, 1.165) is 12.2 Å². The topological polar surface area (TPSA) is 66.5 Å². The number of pyridine rings is 1. The Morgan fingerprint density at radius 3 is 2.43 bits per heavy atom. The van der Waals surface area contributed by atoms with Gasteiger partial charge in [0.25, 0.3) is 5.91 Å². The molecule has 0 bridgehead atoms. The van der Waals surface area contributed by atoms with Crippen molar-refractivity contribution in [3.63, 3.8) is 0 Å². The van der Waals surface area contributed by atoms with Crippen molar-refractivity contribution in [2.24, 2.45) is 0 Å². The molecular formula is C22H24N4O2. The molecule has 1 aromatic heterocycles. The number of benzene rings is 2. The lowest BCUT2D eigenvalue weighted by atomic mass is 10.2. The predicted octanol–water partition coefficient (Wildman–Crippen LogP) is 4.02. The van der Waals surface area contributed by atoms with E-state index >= 15 is 0 Å². The van der Waals surface area contributed by atoms with Crippen molar-refractivity contribution in [1.82, 2.24) is 9.88 Å². The fraction of sp³-hybridized carbons (Fsp3) is 0.182. The zero-order valence-electron chi connectivity index (χ0n) is 16.1. The highest BCUT2D eigenvalue weighted by molar-refractivity contribution is 6.06. The van der Waals surface area contributed by atoms with Gasteiger partial charge in [-0.15, -0.1) is 0 Å². The number of ether oxygens (including phenoxy) is 1. The van der Waals surface area contributed by atoms with Gasteiger partial charge in [-0.3, -0.25) is 4.79 Å². The number of rotatable bonds is 8. The molecule has 2 N–H and O–H groups in total. The lowest BCUT2D eigenvalue weighted by Gasteiger charge is -2.14. The first kappa shape index (κ1) is 19.4. The molecule has 0 atom stereocenters. The first-order valence-corrected chi connectivity index (χ1v) is 9.08. The average Bonchev–Trinajstić information content (AvgIpc) is 2.70. The number of nitrogens with zero attached hydrogens (tertiary/aromatic N) is 2. The first-order valence-electron chi connectivity index (χ1n) is 9.08. The van der Waals surface area contributed by atoms with Gasteiger partial charge in [-0.1, -0.05) is 30.3 Å². The fourth-order valence-electron chi connectivity index (χ4n) is 2.53. The maximum absolute atomic E-state index is 12.7. The third kappa shape index (κ3) is 5.56. The van der Waals surface area contributed by atoms with E-state index < -0.39 is 0 Å². The molecule has 0 saturated heterocycles. The number of hydrogen-bond donors (Lipinski definition) is 2. The summed E-state index contributed by atoms with van der Waals surface area (Å²) in [4.78, 5) is 19.0. The normalized spacial score (nSPS) is 10.5. The maximum Gasteiger partial charge on any atom is 0.259 e. The third-order valence-corrected chi connectivity index (χ3v) is 4.00. The van der Waals surface area contributed by atoms with Gasteiger partial charge in [0.1, 0.15) is 18.2 Å². The Morgan fingerprint density at radius 1 is 0.964 bits per heavy atom. The summed E-state index contributed by atoms with van der Waals surface area (Å²) in [5, 5.41) is 6.08. The van der Waals surface area contributed by atoms with Crippen molar-refractivity contribution in [2.75, 3.05) is 37.9 Å². The second-order valence-electron chi connectivity index (χ2n) is 6.53. The van der Waals surface area contributed by atoms with E-state index in [4.69, 9.17) is 4.74 Å². The third-order valence-electron chi connectivity index (χ3n) is 4.00. The van der Waals surface area contributed by atoms with Crippen LogP contribution in [0.1, 0.15) is 10.4 Å². The van der Waals surface area contributed by atoms with Gasteiger partial charge < -0.3 is 20.3 Å². The quantitative estimate of drug-likeness (QED) is 0.622. The number of carbonyl (C=O) groups is 1. The van der Waals surface area contributed by atoms with Gasteiger partial charge in [0.15, 0.2) is 0 Å². The van der Waals surface area contributed by atoms with Crippen molar-refractivity contribution in [2.45, 2.75) is 0 Å². The van der Waals surface area contributed by atoms with Crippen LogP contribution in [0.2, 0.25) is 0 Å². The van der Waals surface area contributed by atoms with Crippen LogP contribution in [0.25, 0.3) is 0 Å². The van der Waals surface area contributed by atoms with E-state index in [0.29, 0.717) is 29.4 Å². The Hall–Kier alpha value is -3.38. The van der Waals surface area contributed by atoms with Crippen molar-refractivity contribution in [3.05, 3.63) is 78.5 Å². The van der Waals surface area contributed by atoms with Gasteiger partial charge in [0.2, 0.25) is 0 Å². The zero-order chi connectivity index (χ0) is 19.8. The van der Waals surface area contributed by atoms with Crippen LogP contribution in [0.4, 0.5) is 17.2 Å². The molecular weight excluding hydrogens is 352 g/mol. The summed E-state index contributed by atoms with van der Waals surface area (Å²) in [5.74, 6) is 1.04. The molecule has 6 nitrogen and oxygen atoms in total. The molecule has 0 aliphatic carbocycles. The van der Waals surface area contributed by atoms with Gasteiger partial charge in [-0.2, -0.15) is 0 Å².